The number of nitrogens with zero attached hydrogens (tertiary/aromatic N) is 1. The fourth-order valence-corrected chi connectivity index (χ4v) is 4.68. The first-order valence-corrected chi connectivity index (χ1v) is 10.3. The number of aryl methyl sites for hydroxylation is 1. The number of hydrogen-bond acceptors (Lipinski definition) is 4. The Labute approximate surface area is 181 Å². The van der Waals surface area contributed by atoms with E-state index in [2.05, 4.69) is 6.07 Å². The Morgan fingerprint density at radius 3 is 2.19 bits per heavy atom. The maximum Gasteiger partial charge on any atom is 0.310 e. The molecule has 0 spiro atoms. The average Bonchev–Trinajstić information content (AvgIpc) is 3.15. The third kappa shape index (κ3) is 3.10. The highest BCUT2D eigenvalue weighted by molar-refractivity contribution is 5.77. The standard InChI is InChI=1S/C27H21NO3/c1-18-12-14-19(15-13-18)22-16-24(29)30-27(21-10-6-3-7-11-21)25(22)23(17-28)26(31-27)20-8-4-2-5-9-20/h2-15,22,25H,16H2,1H3/t22-,25+,27-/m1/s1. The summed E-state index contributed by atoms with van der Waals surface area (Å²) in [5.74, 6) is -1.92. The van der Waals surface area contributed by atoms with E-state index in [9.17, 15) is 10.1 Å². The molecule has 0 amide bonds. The van der Waals surface area contributed by atoms with Crippen LogP contribution in [-0.4, -0.2) is 5.97 Å². The summed E-state index contributed by atoms with van der Waals surface area (Å²) in [6.07, 6.45) is 0.193. The van der Waals surface area contributed by atoms with Crippen LogP contribution in [0.2, 0.25) is 0 Å². The number of ether oxygens (including phenoxy) is 2. The van der Waals surface area contributed by atoms with Crippen LogP contribution in [-0.2, 0) is 20.1 Å². The van der Waals surface area contributed by atoms with E-state index in [1.807, 2.05) is 91.9 Å². The van der Waals surface area contributed by atoms with Crippen LogP contribution < -0.4 is 0 Å². The molecule has 0 radical (unpaired) electrons. The minimum Gasteiger partial charge on any atom is -0.446 e. The number of benzene rings is 3. The fourth-order valence-electron chi connectivity index (χ4n) is 4.68. The number of rotatable bonds is 3. The second-order valence-corrected chi connectivity index (χ2v) is 8.03. The zero-order chi connectivity index (χ0) is 21.4. The highest BCUT2D eigenvalue weighted by atomic mass is 16.7. The van der Waals surface area contributed by atoms with Gasteiger partial charge in [0.15, 0.2) is 0 Å². The Hall–Kier alpha value is -3.84. The van der Waals surface area contributed by atoms with Crippen molar-refractivity contribution in [2.75, 3.05) is 0 Å². The highest BCUT2D eigenvalue weighted by Gasteiger charge is 2.61. The molecule has 0 aliphatic carbocycles. The molecular weight excluding hydrogens is 386 g/mol. The Kier molecular flexibility index (Phi) is 4.60. The van der Waals surface area contributed by atoms with Crippen molar-refractivity contribution in [2.45, 2.75) is 25.0 Å². The minimum absolute atomic E-state index is 0.193. The topological polar surface area (TPSA) is 59.3 Å². The molecule has 3 aromatic carbocycles. The SMILES string of the molecule is Cc1ccc([C@H]2CC(=O)O[C@]3(c4ccccc4)OC(c4ccccc4)=C(C#N)[C@H]23)cc1. The van der Waals surface area contributed by atoms with Crippen molar-refractivity contribution >= 4 is 11.7 Å². The summed E-state index contributed by atoms with van der Waals surface area (Å²) in [7, 11) is 0. The van der Waals surface area contributed by atoms with Gasteiger partial charge >= 0.3 is 5.97 Å². The van der Waals surface area contributed by atoms with Crippen LogP contribution in [0.25, 0.3) is 5.76 Å². The minimum atomic E-state index is -1.37. The largest absolute Gasteiger partial charge is 0.446 e. The maximum atomic E-state index is 12.9. The molecule has 152 valence electrons. The van der Waals surface area contributed by atoms with Crippen LogP contribution >= 0.6 is 0 Å². The summed E-state index contributed by atoms with van der Waals surface area (Å²) < 4.78 is 12.5. The lowest BCUT2D eigenvalue weighted by atomic mass is 9.71. The molecular formula is C27H21NO3. The summed E-state index contributed by atoms with van der Waals surface area (Å²) in [4.78, 5) is 12.9. The molecule has 3 aromatic rings. The zero-order valence-corrected chi connectivity index (χ0v) is 17.1. The number of carbonyl (C=O) groups excluding carboxylic acids is 1. The van der Waals surface area contributed by atoms with E-state index in [4.69, 9.17) is 9.47 Å². The van der Waals surface area contributed by atoms with E-state index in [0.717, 1.165) is 22.3 Å². The molecule has 2 aliphatic heterocycles. The van der Waals surface area contributed by atoms with E-state index in [-0.39, 0.29) is 18.3 Å². The molecule has 0 N–H and O–H groups in total. The molecule has 5 rings (SSSR count). The third-order valence-corrected chi connectivity index (χ3v) is 6.11. The van der Waals surface area contributed by atoms with Crippen molar-refractivity contribution in [3.05, 3.63) is 113 Å². The summed E-state index contributed by atoms with van der Waals surface area (Å²) in [6.45, 7) is 2.03. The number of hydrogen-bond donors (Lipinski definition) is 0. The van der Waals surface area contributed by atoms with Gasteiger partial charge in [0.1, 0.15) is 5.76 Å². The van der Waals surface area contributed by atoms with Crippen molar-refractivity contribution in [3.63, 3.8) is 0 Å². The summed E-state index contributed by atoms with van der Waals surface area (Å²) >= 11 is 0. The van der Waals surface area contributed by atoms with Crippen LogP contribution in [0.1, 0.15) is 34.6 Å². The Morgan fingerprint density at radius 1 is 0.903 bits per heavy atom. The number of nitriles is 1. The zero-order valence-electron chi connectivity index (χ0n) is 17.1. The fraction of sp³-hybridized carbons (Fsp3) is 0.185. The van der Waals surface area contributed by atoms with Crippen LogP contribution in [0.3, 0.4) is 0 Å². The Bertz CT molecular complexity index is 1190. The summed E-state index contributed by atoms with van der Waals surface area (Å²) in [5, 5.41) is 10.2. The van der Waals surface area contributed by atoms with Crippen LogP contribution in [0.15, 0.2) is 90.5 Å². The second kappa shape index (κ2) is 7.45. The maximum absolute atomic E-state index is 12.9. The molecule has 1 fully saturated rings. The Morgan fingerprint density at radius 2 is 1.55 bits per heavy atom. The van der Waals surface area contributed by atoms with Gasteiger partial charge < -0.3 is 9.47 Å². The van der Waals surface area contributed by atoms with Gasteiger partial charge in [-0.3, -0.25) is 4.79 Å². The van der Waals surface area contributed by atoms with E-state index >= 15 is 0 Å². The van der Waals surface area contributed by atoms with Crippen molar-refractivity contribution in [1.29, 1.82) is 5.26 Å². The number of fused-ring (bicyclic) bond motifs is 1. The number of esters is 1. The predicted molar refractivity (Wildman–Crippen MR) is 116 cm³/mol. The quantitative estimate of drug-likeness (QED) is 0.541. The first kappa shape index (κ1) is 19.1. The molecule has 31 heavy (non-hydrogen) atoms. The lowest BCUT2D eigenvalue weighted by Gasteiger charge is -2.42. The van der Waals surface area contributed by atoms with Gasteiger partial charge in [-0.25, -0.2) is 0 Å². The van der Waals surface area contributed by atoms with E-state index in [1.54, 1.807) is 0 Å². The predicted octanol–water partition coefficient (Wildman–Crippen LogP) is 5.46. The monoisotopic (exact) mass is 407 g/mol. The smallest absolute Gasteiger partial charge is 0.310 e. The highest BCUT2D eigenvalue weighted by Crippen LogP contribution is 2.58. The van der Waals surface area contributed by atoms with Crippen LogP contribution in [0, 0.1) is 24.2 Å². The van der Waals surface area contributed by atoms with Gasteiger partial charge in [0, 0.05) is 17.0 Å². The van der Waals surface area contributed by atoms with Crippen LogP contribution in [0.5, 0.6) is 0 Å². The average molecular weight is 407 g/mol. The van der Waals surface area contributed by atoms with E-state index < -0.39 is 11.7 Å². The molecule has 0 aromatic heterocycles. The van der Waals surface area contributed by atoms with E-state index in [0.29, 0.717) is 11.3 Å². The van der Waals surface area contributed by atoms with Gasteiger partial charge in [0.2, 0.25) is 0 Å². The van der Waals surface area contributed by atoms with Crippen molar-refractivity contribution in [2.24, 2.45) is 5.92 Å². The lowest BCUT2D eigenvalue weighted by Crippen LogP contribution is -2.46. The van der Waals surface area contributed by atoms with Crippen molar-refractivity contribution in [3.8, 4) is 6.07 Å². The van der Waals surface area contributed by atoms with Crippen LogP contribution in [0.4, 0.5) is 0 Å². The molecule has 2 aliphatic rings. The van der Waals surface area contributed by atoms with Gasteiger partial charge in [-0.2, -0.15) is 5.26 Å². The second-order valence-electron chi connectivity index (χ2n) is 8.03. The molecule has 0 bridgehead atoms. The van der Waals surface area contributed by atoms with Gasteiger partial charge in [-0.1, -0.05) is 90.5 Å². The van der Waals surface area contributed by atoms with E-state index in [1.165, 1.54) is 0 Å². The van der Waals surface area contributed by atoms with Gasteiger partial charge in [0.05, 0.1) is 24.0 Å². The van der Waals surface area contributed by atoms with Gasteiger partial charge in [0.25, 0.3) is 5.79 Å². The summed E-state index contributed by atoms with van der Waals surface area (Å²) in [6, 6.07) is 29.5. The number of carbonyl (C=O) groups is 1. The molecule has 2 heterocycles. The first-order valence-electron chi connectivity index (χ1n) is 10.3. The molecule has 0 unspecified atom stereocenters. The van der Waals surface area contributed by atoms with Crippen molar-refractivity contribution in [1.82, 2.24) is 0 Å². The molecule has 3 atom stereocenters. The van der Waals surface area contributed by atoms with Gasteiger partial charge in [-0.05, 0) is 12.5 Å². The Balaban J connectivity index is 1.74. The molecule has 4 nitrogen and oxygen atoms in total. The molecule has 1 saturated heterocycles. The third-order valence-electron chi connectivity index (χ3n) is 6.11. The molecule has 4 heteroatoms. The molecule has 0 saturated carbocycles. The van der Waals surface area contributed by atoms with Gasteiger partial charge in [-0.15, -0.1) is 0 Å². The van der Waals surface area contributed by atoms with Crippen molar-refractivity contribution < 1.29 is 14.3 Å². The summed E-state index contributed by atoms with van der Waals surface area (Å²) in [5.41, 5.74) is 4.16. The normalized spacial score (nSPS) is 24.7. The first-order chi connectivity index (χ1) is 15.1. The lowest BCUT2D eigenvalue weighted by molar-refractivity contribution is -0.238.